The van der Waals surface area contributed by atoms with E-state index in [4.69, 9.17) is 0 Å². The molecule has 0 N–H and O–H groups in total. The van der Waals surface area contributed by atoms with Crippen molar-refractivity contribution in [1.82, 2.24) is 0 Å². The summed E-state index contributed by atoms with van der Waals surface area (Å²) in [6.07, 6.45) is -12.4. The molecule has 2 aromatic rings. The van der Waals surface area contributed by atoms with Crippen molar-refractivity contribution in [3.05, 3.63) is 64.2 Å². The molecule has 0 fully saturated rings. The first kappa shape index (κ1) is 22.7. The summed E-state index contributed by atoms with van der Waals surface area (Å²) in [5, 5.41) is 0. The quantitative estimate of drug-likeness (QED) is 0.542. The number of hydrogen-bond donors (Lipinski definition) is 0. The Morgan fingerprint density at radius 1 is 0.828 bits per heavy atom. The minimum atomic E-state index is -6.20. The van der Waals surface area contributed by atoms with Crippen LogP contribution in [-0.4, -0.2) is 25.3 Å². The van der Waals surface area contributed by atoms with Gasteiger partial charge in [0.25, 0.3) is 5.91 Å². The van der Waals surface area contributed by atoms with Gasteiger partial charge in [0.05, 0.1) is 0 Å². The van der Waals surface area contributed by atoms with E-state index in [9.17, 15) is 35.5 Å². The fourth-order valence-corrected chi connectivity index (χ4v) is 3.25. The third-order valence-corrected chi connectivity index (χ3v) is 4.58. The molecule has 2 aromatic carbocycles. The number of benzene rings is 2. The minimum Gasteiger partial charge on any atom is -0.311 e. The van der Waals surface area contributed by atoms with Crippen LogP contribution in [0, 0.1) is 20.8 Å². The van der Waals surface area contributed by atoms with Crippen LogP contribution in [0.4, 0.5) is 36.4 Å². The molecule has 2 nitrogen and oxygen atoms in total. The van der Waals surface area contributed by atoms with E-state index in [1.807, 2.05) is 0 Å². The summed E-state index contributed by atoms with van der Waals surface area (Å²) in [7, 11) is 1.34. The number of hydrogen-bond acceptors (Lipinski definition) is 1. The number of alkyl halides is 7. The van der Waals surface area contributed by atoms with E-state index in [1.165, 1.54) is 27.0 Å². The number of rotatable bonds is 3. The lowest BCUT2D eigenvalue weighted by molar-refractivity contribution is -0.348. The summed E-state index contributed by atoms with van der Waals surface area (Å²) < 4.78 is 92.6. The monoisotopic (exact) mass is 421 g/mol. The van der Waals surface area contributed by atoms with E-state index in [0.29, 0.717) is 17.7 Å². The zero-order valence-corrected chi connectivity index (χ0v) is 16.0. The third-order valence-electron chi connectivity index (χ3n) is 4.58. The number of aryl methyl sites for hydroxylation is 3. The van der Waals surface area contributed by atoms with Gasteiger partial charge in [-0.15, -0.1) is 0 Å². The smallest absolute Gasteiger partial charge is 0.311 e. The average Bonchev–Trinajstić information content (AvgIpc) is 2.57. The van der Waals surface area contributed by atoms with E-state index in [1.54, 1.807) is 25.1 Å². The molecular weight excluding hydrogens is 403 g/mol. The van der Waals surface area contributed by atoms with E-state index in [0.717, 1.165) is 10.5 Å². The lowest BCUT2D eigenvalue weighted by Gasteiger charge is -2.32. The van der Waals surface area contributed by atoms with Gasteiger partial charge < -0.3 is 4.90 Å². The highest BCUT2D eigenvalue weighted by Gasteiger charge is 2.73. The van der Waals surface area contributed by atoms with Crippen molar-refractivity contribution < 1.29 is 35.5 Å². The molecule has 0 aliphatic rings. The van der Waals surface area contributed by atoms with Crippen LogP contribution >= 0.6 is 0 Å². The molecule has 9 heteroatoms. The summed E-state index contributed by atoms with van der Waals surface area (Å²) in [5.41, 5.74) is -6.10. The number of anilines is 1. The second kappa shape index (κ2) is 7.35. The largest absolute Gasteiger partial charge is 0.435 e. The Labute approximate surface area is 162 Å². The van der Waals surface area contributed by atoms with Crippen LogP contribution < -0.4 is 4.90 Å². The predicted molar refractivity (Wildman–Crippen MR) is 94.7 cm³/mol. The molecule has 0 spiro atoms. The molecule has 0 radical (unpaired) electrons. The molecule has 1 amide bonds. The highest BCUT2D eigenvalue weighted by molar-refractivity contribution is 6.06. The molecule has 0 bridgehead atoms. The maximum Gasteiger partial charge on any atom is 0.435 e. The number of amides is 1. The van der Waals surface area contributed by atoms with Crippen molar-refractivity contribution in [3.8, 4) is 0 Å². The maximum atomic E-state index is 14.4. The standard InChI is InChI=1S/C20H18F7NO/c1-11-6-5-7-14(8-11)17(29)28(4)16-12(2)9-15(10-13(16)3)18(21,19(22,23)24)20(25,26)27/h5-10H,1-4H3. The fourth-order valence-electron chi connectivity index (χ4n) is 3.25. The normalized spacial score (nSPS) is 12.8. The van der Waals surface area contributed by atoms with Crippen LogP contribution in [-0.2, 0) is 5.67 Å². The molecule has 0 aliphatic carbocycles. The van der Waals surface area contributed by atoms with E-state index in [2.05, 4.69) is 0 Å². The van der Waals surface area contributed by atoms with Gasteiger partial charge in [-0.25, -0.2) is 4.39 Å². The van der Waals surface area contributed by atoms with Gasteiger partial charge in [0, 0.05) is 23.9 Å². The van der Waals surface area contributed by atoms with E-state index < -0.39 is 29.5 Å². The molecule has 0 saturated heterocycles. The Morgan fingerprint density at radius 3 is 1.72 bits per heavy atom. The SMILES string of the molecule is Cc1cccc(C(=O)N(C)c2c(C)cc(C(F)(C(F)(F)F)C(F)(F)F)cc2C)c1. The first-order valence-corrected chi connectivity index (χ1v) is 8.40. The van der Waals surface area contributed by atoms with Crippen LogP contribution in [0.25, 0.3) is 0 Å². The summed E-state index contributed by atoms with van der Waals surface area (Å²) in [6.45, 7) is 4.20. The molecule has 158 valence electrons. The molecule has 0 heterocycles. The molecule has 0 unspecified atom stereocenters. The highest BCUT2D eigenvalue weighted by atomic mass is 19.4. The van der Waals surface area contributed by atoms with Gasteiger partial charge in [-0.1, -0.05) is 29.8 Å². The van der Waals surface area contributed by atoms with Crippen LogP contribution in [0.15, 0.2) is 36.4 Å². The van der Waals surface area contributed by atoms with Crippen LogP contribution in [0.1, 0.15) is 32.6 Å². The van der Waals surface area contributed by atoms with Crippen molar-refractivity contribution in [3.63, 3.8) is 0 Å². The van der Waals surface area contributed by atoms with Crippen molar-refractivity contribution in [1.29, 1.82) is 0 Å². The summed E-state index contributed by atoms with van der Waals surface area (Å²) in [4.78, 5) is 13.8. The molecule has 0 atom stereocenters. The van der Waals surface area contributed by atoms with Crippen molar-refractivity contribution >= 4 is 11.6 Å². The van der Waals surface area contributed by atoms with Gasteiger partial charge in [0.15, 0.2) is 0 Å². The van der Waals surface area contributed by atoms with E-state index >= 15 is 0 Å². The Hall–Kier alpha value is -2.58. The van der Waals surface area contributed by atoms with Crippen LogP contribution in [0.3, 0.4) is 0 Å². The first-order valence-electron chi connectivity index (χ1n) is 8.40. The molecule has 0 saturated carbocycles. The number of carbonyl (C=O) groups excluding carboxylic acids is 1. The summed E-state index contributed by atoms with van der Waals surface area (Å²) in [6, 6.07) is 7.48. The van der Waals surface area contributed by atoms with Crippen molar-refractivity contribution in [2.75, 3.05) is 11.9 Å². The Morgan fingerprint density at radius 2 is 1.31 bits per heavy atom. The average molecular weight is 421 g/mol. The van der Waals surface area contributed by atoms with Gasteiger partial charge in [-0.05, 0) is 44.0 Å². The molecular formula is C20H18F7NO. The lowest BCUT2D eigenvalue weighted by Crippen LogP contribution is -2.50. The number of nitrogens with zero attached hydrogens (tertiary/aromatic N) is 1. The Balaban J connectivity index is 2.58. The zero-order chi connectivity index (χ0) is 22.4. The van der Waals surface area contributed by atoms with Gasteiger partial charge in [-0.3, -0.25) is 4.79 Å². The molecule has 0 aliphatic heterocycles. The van der Waals surface area contributed by atoms with Gasteiger partial charge in [0.1, 0.15) is 0 Å². The zero-order valence-electron chi connectivity index (χ0n) is 16.0. The number of carbonyl (C=O) groups is 1. The first-order chi connectivity index (χ1) is 13.1. The second-order valence-corrected chi connectivity index (χ2v) is 6.85. The lowest BCUT2D eigenvalue weighted by atomic mass is 9.90. The second-order valence-electron chi connectivity index (χ2n) is 6.85. The minimum absolute atomic E-state index is 0.0981. The Kier molecular flexibility index (Phi) is 5.75. The van der Waals surface area contributed by atoms with Gasteiger partial charge in [0.2, 0.25) is 0 Å². The topological polar surface area (TPSA) is 20.3 Å². The predicted octanol–water partition coefficient (Wildman–Crippen LogP) is 6.18. The fraction of sp³-hybridized carbons (Fsp3) is 0.350. The van der Waals surface area contributed by atoms with Crippen molar-refractivity contribution in [2.24, 2.45) is 0 Å². The molecule has 0 aromatic heterocycles. The summed E-state index contributed by atoms with van der Waals surface area (Å²) >= 11 is 0. The Bertz CT molecular complexity index is 894. The molecule has 29 heavy (non-hydrogen) atoms. The summed E-state index contributed by atoms with van der Waals surface area (Å²) in [5.74, 6) is -0.509. The van der Waals surface area contributed by atoms with E-state index in [-0.39, 0.29) is 16.8 Å². The third kappa shape index (κ3) is 3.95. The van der Waals surface area contributed by atoms with Crippen LogP contribution in [0.5, 0.6) is 0 Å². The van der Waals surface area contributed by atoms with Crippen LogP contribution in [0.2, 0.25) is 0 Å². The molecule has 2 rings (SSSR count). The maximum absolute atomic E-state index is 14.4. The van der Waals surface area contributed by atoms with Gasteiger partial charge in [-0.2, -0.15) is 26.3 Å². The van der Waals surface area contributed by atoms with Gasteiger partial charge >= 0.3 is 18.0 Å². The van der Waals surface area contributed by atoms with Crippen molar-refractivity contribution in [2.45, 2.75) is 38.8 Å². The number of halogens is 7. The highest BCUT2D eigenvalue weighted by Crippen LogP contribution is 2.53.